The zero-order valence-electron chi connectivity index (χ0n) is 15.9. The predicted octanol–water partition coefficient (Wildman–Crippen LogP) is 1.56. The van der Waals surface area contributed by atoms with Gasteiger partial charge in [0.15, 0.2) is 5.43 Å². The van der Waals surface area contributed by atoms with Crippen molar-refractivity contribution in [1.82, 2.24) is 14.8 Å². The molecular formula is C19H31N3O3. The fraction of sp³-hybridized carbons (Fsp3) is 0.684. The molecule has 2 rings (SSSR count). The molecule has 0 radical (unpaired) electrons. The van der Waals surface area contributed by atoms with E-state index in [1.165, 1.54) is 6.07 Å². The molecule has 0 bridgehead atoms. The van der Waals surface area contributed by atoms with E-state index in [-0.39, 0.29) is 22.9 Å². The number of ether oxygens (including phenoxy) is 1. The minimum Gasteiger partial charge on any atom is -0.379 e. The van der Waals surface area contributed by atoms with E-state index in [2.05, 4.69) is 24.1 Å². The van der Waals surface area contributed by atoms with Crippen LogP contribution in [0.1, 0.15) is 42.7 Å². The molecular weight excluding hydrogens is 318 g/mol. The van der Waals surface area contributed by atoms with Crippen molar-refractivity contribution in [3.05, 3.63) is 33.7 Å². The first-order valence-corrected chi connectivity index (χ1v) is 9.25. The van der Waals surface area contributed by atoms with E-state index in [0.717, 1.165) is 44.8 Å². The first-order valence-electron chi connectivity index (χ1n) is 9.25. The molecule has 1 N–H and O–H groups in total. The average molecular weight is 349 g/mol. The van der Waals surface area contributed by atoms with Gasteiger partial charge in [0.05, 0.1) is 13.2 Å². The van der Waals surface area contributed by atoms with Gasteiger partial charge in [-0.1, -0.05) is 26.7 Å². The van der Waals surface area contributed by atoms with Gasteiger partial charge < -0.3 is 14.6 Å². The van der Waals surface area contributed by atoms with Gasteiger partial charge in [-0.15, -0.1) is 0 Å². The van der Waals surface area contributed by atoms with Gasteiger partial charge in [0.1, 0.15) is 5.56 Å². The minimum atomic E-state index is -0.287. The number of rotatable bonds is 7. The van der Waals surface area contributed by atoms with E-state index in [4.69, 9.17) is 4.74 Å². The van der Waals surface area contributed by atoms with Crippen molar-refractivity contribution in [2.75, 3.05) is 32.8 Å². The summed E-state index contributed by atoms with van der Waals surface area (Å²) in [7, 11) is 1.84. The van der Waals surface area contributed by atoms with E-state index in [1.54, 1.807) is 10.8 Å². The summed E-state index contributed by atoms with van der Waals surface area (Å²) in [6, 6.07) is 1.78. The molecule has 0 spiro atoms. The molecule has 6 nitrogen and oxygen atoms in total. The van der Waals surface area contributed by atoms with Crippen LogP contribution in [-0.2, 0) is 11.8 Å². The van der Waals surface area contributed by atoms with Crippen LogP contribution in [0.15, 0.2) is 17.1 Å². The van der Waals surface area contributed by atoms with Crippen molar-refractivity contribution in [3.8, 4) is 0 Å². The molecule has 1 amide bonds. The number of nitrogens with zero attached hydrogens (tertiary/aromatic N) is 2. The summed E-state index contributed by atoms with van der Waals surface area (Å²) in [6.07, 6.45) is 3.76. The third kappa shape index (κ3) is 4.92. The summed E-state index contributed by atoms with van der Waals surface area (Å²) < 4.78 is 7.26. The van der Waals surface area contributed by atoms with Crippen LogP contribution in [0.3, 0.4) is 0 Å². The van der Waals surface area contributed by atoms with Gasteiger partial charge in [-0.05, 0) is 12.8 Å². The summed E-state index contributed by atoms with van der Waals surface area (Å²) >= 11 is 0. The predicted molar refractivity (Wildman–Crippen MR) is 99.0 cm³/mol. The Morgan fingerprint density at radius 1 is 1.28 bits per heavy atom. The topological polar surface area (TPSA) is 63.6 Å². The minimum absolute atomic E-state index is 0.207. The van der Waals surface area contributed by atoms with Crippen LogP contribution in [0.4, 0.5) is 0 Å². The van der Waals surface area contributed by atoms with E-state index in [0.29, 0.717) is 12.5 Å². The number of carbonyl (C=O) groups is 1. The zero-order valence-corrected chi connectivity index (χ0v) is 15.9. The van der Waals surface area contributed by atoms with Crippen LogP contribution in [0, 0.1) is 12.8 Å². The Bertz CT molecular complexity index is 631. The number of hydrogen-bond acceptors (Lipinski definition) is 4. The second-order valence-corrected chi connectivity index (χ2v) is 6.81. The Balaban J connectivity index is 2.10. The Kier molecular flexibility index (Phi) is 7.20. The maximum absolute atomic E-state index is 12.5. The van der Waals surface area contributed by atoms with Crippen molar-refractivity contribution in [1.29, 1.82) is 0 Å². The molecule has 1 atom stereocenters. The molecule has 1 aromatic heterocycles. The van der Waals surface area contributed by atoms with Crippen molar-refractivity contribution < 1.29 is 9.53 Å². The lowest BCUT2D eigenvalue weighted by Crippen LogP contribution is -2.52. The maximum Gasteiger partial charge on any atom is 0.256 e. The molecule has 140 valence electrons. The number of carbonyl (C=O) groups excluding carboxylic acids is 1. The highest BCUT2D eigenvalue weighted by Crippen LogP contribution is 2.19. The second kappa shape index (κ2) is 9.15. The second-order valence-electron chi connectivity index (χ2n) is 6.81. The van der Waals surface area contributed by atoms with Crippen molar-refractivity contribution >= 4 is 5.91 Å². The highest BCUT2D eigenvalue weighted by molar-refractivity contribution is 5.93. The van der Waals surface area contributed by atoms with Crippen molar-refractivity contribution in [2.45, 2.75) is 39.7 Å². The van der Waals surface area contributed by atoms with Crippen LogP contribution < -0.4 is 10.7 Å². The lowest BCUT2D eigenvalue weighted by molar-refractivity contribution is 0.00191. The Labute approximate surface area is 150 Å². The van der Waals surface area contributed by atoms with Crippen LogP contribution >= 0.6 is 0 Å². The Morgan fingerprint density at radius 2 is 1.92 bits per heavy atom. The number of nitrogens with one attached hydrogen (secondary N) is 1. The molecule has 25 heavy (non-hydrogen) atoms. The lowest BCUT2D eigenvalue weighted by atomic mass is 9.92. The smallest absolute Gasteiger partial charge is 0.256 e. The number of hydrogen-bond donors (Lipinski definition) is 1. The highest BCUT2D eigenvalue weighted by Gasteiger charge is 2.27. The maximum atomic E-state index is 12.5. The van der Waals surface area contributed by atoms with Crippen molar-refractivity contribution in [3.63, 3.8) is 0 Å². The first-order chi connectivity index (χ1) is 12.0. The fourth-order valence-electron chi connectivity index (χ4n) is 3.53. The van der Waals surface area contributed by atoms with Crippen LogP contribution in [0.5, 0.6) is 0 Å². The monoisotopic (exact) mass is 349 g/mol. The highest BCUT2D eigenvalue weighted by atomic mass is 16.5. The molecule has 1 aliphatic rings. The molecule has 1 unspecified atom stereocenters. The van der Waals surface area contributed by atoms with E-state index < -0.39 is 0 Å². The van der Waals surface area contributed by atoms with Gasteiger partial charge in [0.25, 0.3) is 5.91 Å². The summed E-state index contributed by atoms with van der Waals surface area (Å²) in [5, 5.41) is 3.00. The van der Waals surface area contributed by atoms with Gasteiger partial charge in [-0.25, -0.2) is 0 Å². The number of morpholine rings is 1. The van der Waals surface area contributed by atoms with E-state index in [9.17, 15) is 9.59 Å². The van der Waals surface area contributed by atoms with Crippen LogP contribution in [0.2, 0.25) is 0 Å². The van der Waals surface area contributed by atoms with Gasteiger partial charge in [-0.3, -0.25) is 14.5 Å². The molecule has 1 aliphatic heterocycles. The molecule has 1 fully saturated rings. The zero-order chi connectivity index (χ0) is 18.4. The van der Waals surface area contributed by atoms with E-state index in [1.807, 2.05) is 14.0 Å². The number of aryl methyl sites for hydroxylation is 2. The SMILES string of the molecule is CCC(CC)C(CNC(=O)c1cn(C)c(C)cc1=O)N1CCOCC1. The van der Waals surface area contributed by atoms with Gasteiger partial charge in [0, 0.05) is 50.7 Å². The molecule has 0 saturated carbocycles. The number of aromatic nitrogens is 1. The van der Waals surface area contributed by atoms with Gasteiger partial charge in [-0.2, -0.15) is 0 Å². The number of pyridine rings is 1. The molecule has 1 aromatic rings. The van der Waals surface area contributed by atoms with Crippen LogP contribution in [-0.4, -0.2) is 54.3 Å². The van der Waals surface area contributed by atoms with Gasteiger partial charge in [0.2, 0.25) is 0 Å². The standard InChI is InChI=1S/C19H31N3O3/c1-5-15(6-2)17(22-7-9-25-10-8-22)12-20-19(24)16-13-21(4)14(3)11-18(16)23/h11,13,15,17H,5-10,12H2,1-4H3,(H,20,24). The van der Waals surface area contributed by atoms with Crippen LogP contribution in [0.25, 0.3) is 0 Å². The summed E-state index contributed by atoms with van der Waals surface area (Å²) in [5.41, 5.74) is 0.821. The van der Waals surface area contributed by atoms with E-state index >= 15 is 0 Å². The quantitative estimate of drug-likeness (QED) is 0.811. The largest absolute Gasteiger partial charge is 0.379 e. The fourth-order valence-corrected chi connectivity index (χ4v) is 3.53. The normalized spacial score (nSPS) is 16.8. The average Bonchev–Trinajstić information content (AvgIpc) is 2.62. The Hall–Kier alpha value is -1.66. The summed E-state index contributed by atoms with van der Waals surface area (Å²) in [6.45, 7) is 10.1. The summed E-state index contributed by atoms with van der Waals surface area (Å²) in [4.78, 5) is 27.1. The Morgan fingerprint density at radius 3 is 2.52 bits per heavy atom. The van der Waals surface area contributed by atoms with Crippen molar-refractivity contribution in [2.24, 2.45) is 13.0 Å². The summed E-state index contributed by atoms with van der Waals surface area (Å²) in [5.74, 6) is 0.226. The molecule has 1 saturated heterocycles. The first kappa shape index (κ1) is 19.7. The number of amides is 1. The van der Waals surface area contributed by atoms with Gasteiger partial charge >= 0.3 is 0 Å². The third-order valence-corrected chi connectivity index (χ3v) is 5.31. The third-order valence-electron chi connectivity index (χ3n) is 5.31. The molecule has 0 aliphatic carbocycles. The lowest BCUT2D eigenvalue weighted by Gasteiger charge is -2.38. The molecule has 0 aromatic carbocycles. The molecule has 2 heterocycles. The molecule has 6 heteroatoms.